The highest BCUT2D eigenvalue weighted by Crippen LogP contribution is 2.31. The number of hydrogen-bond acceptors (Lipinski definition) is 5. The number of piperidine rings is 1. The molecule has 2 unspecified atom stereocenters. The number of aromatic nitrogens is 2. The summed E-state index contributed by atoms with van der Waals surface area (Å²) in [6, 6.07) is 2.34. The van der Waals surface area contributed by atoms with Crippen molar-refractivity contribution in [2.75, 3.05) is 38.3 Å². The fourth-order valence-corrected chi connectivity index (χ4v) is 3.74. The molecule has 0 radical (unpaired) electrons. The van der Waals surface area contributed by atoms with Crippen LogP contribution < -0.4 is 4.90 Å². The predicted molar refractivity (Wildman–Crippen MR) is 93.2 cm³/mol. The monoisotopic (exact) mass is 332 g/mol. The van der Waals surface area contributed by atoms with Crippen molar-refractivity contribution >= 4 is 11.7 Å². The quantitative estimate of drug-likeness (QED) is 0.825. The Balaban J connectivity index is 1.85. The van der Waals surface area contributed by atoms with E-state index in [2.05, 4.69) is 34.8 Å². The molecule has 2 atom stereocenters. The zero-order valence-electron chi connectivity index (χ0n) is 15.2. The zero-order valence-corrected chi connectivity index (χ0v) is 15.2. The number of nitrogens with zero attached hydrogens (tertiary/aromatic N) is 4. The van der Waals surface area contributed by atoms with Crippen molar-refractivity contribution in [2.45, 2.75) is 45.6 Å². The van der Waals surface area contributed by atoms with Crippen LogP contribution in [0, 0.1) is 12.8 Å². The first-order valence-electron chi connectivity index (χ1n) is 8.89. The lowest BCUT2D eigenvalue weighted by Crippen LogP contribution is -2.49. The van der Waals surface area contributed by atoms with Crippen molar-refractivity contribution < 1.29 is 9.53 Å². The van der Waals surface area contributed by atoms with Gasteiger partial charge in [-0.15, -0.1) is 0 Å². The Morgan fingerprint density at radius 2 is 2.08 bits per heavy atom. The molecule has 3 aliphatic heterocycles. The lowest BCUT2D eigenvalue weighted by atomic mass is 9.94. The van der Waals surface area contributed by atoms with Crippen LogP contribution >= 0.6 is 0 Å². The van der Waals surface area contributed by atoms with E-state index in [4.69, 9.17) is 4.74 Å². The Kier molecular flexibility index (Phi) is 5.04. The summed E-state index contributed by atoms with van der Waals surface area (Å²) in [5, 5.41) is 0. The van der Waals surface area contributed by atoms with E-state index >= 15 is 0 Å². The van der Waals surface area contributed by atoms with Gasteiger partial charge in [-0.2, -0.15) is 0 Å². The van der Waals surface area contributed by atoms with Crippen LogP contribution in [0.1, 0.15) is 44.1 Å². The lowest BCUT2D eigenvalue weighted by Gasteiger charge is -2.35. The van der Waals surface area contributed by atoms with Crippen LogP contribution in [0.25, 0.3) is 0 Å². The number of methoxy groups -OCH3 is 1. The van der Waals surface area contributed by atoms with Crippen LogP contribution in [-0.4, -0.2) is 60.2 Å². The zero-order chi connectivity index (χ0) is 17.3. The minimum atomic E-state index is 0.0679. The summed E-state index contributed by atoms with van der Waals surface area (Å²) >= 11 is 0. The Hall–Kier alpha value is -1.69. The molecule has 1 amide bonds. The van der Waals surface area contributed by atoms with Gasteiger partial charge in [-0.3, -0.25) is 4.79 Å². The van der Waals surface area contributed by atoms with Gasteiger partial charge >= 0.3 is 0 Å². The van der Waals surface area contributed by atoms with E-state index in [1.54, 1.807) is 7.11 Å². The number of amides is 1. The Bertz CT molecular complexity index is 605. The molecule has 6 heteroatoms. The second-order valence-corrected chi connectivity index (χ2v) is 7.21. The summed E-state index contributed by atoms with van der Waals surface area (Å²) in [6.07, 6.45) is 2.04. The third-order valence-electron chi connectivity index (χ3n) is 5.09. The summed E-state index contributed by atoms with van der Waals surface area (Å²) in [5.74, 6) is 2.48. The topological polar surface area (TPSA) is 58.6 Å². The Morgan fingerprint density at radius 1 is 1.29 bits per heavy atom. The molecule has 3 aliphatic rings. The van der Waals surface area contributed by atoms with Crippen LogP contribution in [0.15, 0.2) is 6.07 Å². The van der Waals surface area contributed by atoms with Gasteiger partial charge in [0, 0.05) is 44.5 Å². The number of carbonyl (C=O) groups is 1. The normalized spacial score (nSPS) is 24.0. The van der Waals surface area contributed by atoms with Crippen molar-refractivity contribution in [1.82, 2.24) is 14.9 Å². The highest BCUT2D eigenvalue weighted by atomic mass is 16.5. The third kappa shape index (κ3) is 3.38. The first kappa shape index (κ1) is 17.1. The second-order valence-electron chi connectivity index (χ2n) is 7.21. The summed E-state index contributed by atoms with van der Waals surface area (Å²) in [6.45, 7) is 9.12. The van der Waals surface area contributed by atoms with Gasteiger partial charge in [0.05, 0.1) is 12.5 Å². The summed E-state index contributed by atoms with van der Waals surface area (Å²) in [4.78, 5) is 26.2. The van der Waals surface area contributed by atoms with Crippen molar-refractivity contribution in [3.63, 3.8) is 0 Å². The summed E-state index contributed by atoms with van der Waals surface area (Å²) in [5.41, 5.74) is 1.07. The molecule has 3 saturated heterocycles. The molecule has 0 aromatic carbocycles. The minimum absolute atomic E-state index is 0.0679. The van der Waals surface area contributed by atoms with Crippen molar-refractivity contribution in [1.29, 1.82) is 0 Å². The largest absolute Gasteiger partial charge is 0.383 e. The van der Waals surface area contributed by atoms with Gasteiger partial charge < -0.3 is 14.5 Å². The summed E-state index contributed by atoms with van der Waals surface area (Å²) in [7, 11) is 1.68. The third-order valence-corrected chi connectivity index (χ3v) is 5.09. The van der Waals surface area contributed by atoms with Crippen molar-refractivity contribution in [3.05, 3.63) is 17.6 Å². The molecule has 6 nitrogen and oxygen atoms in total. The standard InChI is InChI=1S/C18H28N4O2/c1-12(2)16-9-17(20-13(3)19-16)21-10-14-5-6-15(11-21)22(18(14)23)7-8-24-4/h9,12,14-15H,5-8,10-11H2,1-4H3. The Labute approximate surface area is 144 Å². The molecule has 0 spiro atoms. The number of rotatable bonds is 5. The second kappa shape index (κ2) is 7.05. The molecular weight excluding hydrogens is 304 g/mol. The highest BCUT2D eigenvalue weighted by molar-refractivity contribution is 5.81. The van der Waals surface area contributed by atoms with Gasteiger partial charge in [0.15, 0.2) is 0 Å². The van der Waals surface area contributed by atoms with Crippen LogP contribution in [-0.2, 0) is 9.53 Å². The SMILES string of the molecule is COCCN1C(=O)C2CCC1CN(c1cc(C(C)C)nc(C)n1)C2. The number of anilines is 1. The van der Waals surface area contributed by atoms with Gasteiger partial charge in [-0.25, -0.2) is 9.97 Å². The molecule has 0 saturated carbocycles. The van der Waals surface area contributed by atoms with E-state index in [-0.39, 0.29) is 17.9 Å². The van der Waals surface area contributed by atoms with E-state index in [9.17, 15) is 4.79 Å². The average molecular weight is 332 g/mol. The van der Waals surface area contributed by atoms with E-state index in [1.165, 1.54) is 0 Å². The van der Waals surface area contributed by atoms with Crippen molar-refractivity contribution in [2.24, 2.45) is 5.92 Å². The molecule has 132 valence electrons. The molecule has 3 fully saturated rings. The van der Waals surface area contributed by atoms with E-state index in [0.717, 1.165) is 43.3 Å². The molecule has 0 aliphatic carbocycles. The summed E-state index contributed by atoms with van der Waals surface area (Å²) < 4.78 is 5.18. The molecular formula is C18H28N4O2. The number of carbonyl (C=O) groups excluding carboxylic acids is 1. The van der Waals surface area contributed by atoms with Gasteiger partial charge in [-0.05, 0) is 25.7 Å². The number of fused-ring (bicyclic) bond motifs is 4. The average Bonchev–Trinajstić information content (AvgIpc) is 2.84. The molecule has 1 aromatic rings. The molecule has 24 heavy (non-hydrogen) atoms. The number of aryl methyl sites for hydroxylation is 1. The highest BCUT2D eigenvalue weighted by Gasteiger charge is 2.40. The lowest BCUT2D eigenvalue weighted by molar-refractivity contribution is -0.140. The molecule has 4 heterocycles. The van der Waals surface area contributed by atoms with Gasteiger partial charge in [0.25, 0.3) is 0 Å². The maximum absolute atomic E-state index is 12.7. The maximum Gasteiger partial charge on any atom is 0.227 e. The van der Waals surface area contributed by atoms with E-state index in [0.29, 0.717) is 19.1 Å². The predicted octanol–water partition coefficient (Wildman–Crippen LogP) is 1.98. The van der Waals surface area contributed by atoms with Crippen molar-refractivity contribution in [3.8, 4) is 0 Å². The van der Waals surface area contributed by atoms with Crippen LogP contribution in [0.2, 0.25) is 0 Å². The molecule has 4 rings (SSSR count). The van der Waals surface area contributed by atoms with Gasteiger partial charge in [-0.1, -0.05) is 13.8 Å². The molecule has 0 N–H and O–H groups in total. The van der Waals surface area contributed by atoms with E-state index < -0.39 is 0 Å². The maximum atomic E-state index is 12.7. The Morgan fingerprint density at radius 3 is 2.79 bits per heavy atom. The molecule has 1 aromatic heterocycles. The van der Waals surface area contributed by atoms with Crippen LogP contribution in [0.5, 0.6) is 0 Å². The first-order chi connectivity index (χ1) is 11.5. The van der Waals surface area contributed by atoms with Gasteiger partial charge in [0.2, 0.25) is 5.91 Å². The fraction of sp³-hybridized carbons (Fsp3) is 0.722. The number of ether oxygens (including phenoxy) is 1. The smallest absolute Gasteiger partial charge is 0.227 e. The van der Waals surface area contributed by atoms with Crippen LogP contribution in [0.3, 0.4) is 0 Å². The molecule has 2 bridgehead atoms. The van der Waals surface area contributed by atoms with Gasteiger partial charge in [0.1, 0.15) is 11.6 Å². The number of hydrogen-bond donors (Lipinski definition) is 0. The minimum Gasteiger partial charge on any atom is -0.383 e. The van der Waals surface area contributed by atoms with Crippen LogP contribution in [0.4, 0.5) is 5.82 Å². The first-order valence-corrected chi connectivity index (χ1v) is 8.89. The fourth-order valence-electron chi connectivity index (χ4n) is 3.74. The van der Waals surface area contributed by atoms with E-state index in [1.807, 2.05) is 11.8 Å².